The van der Waals surface area contributed by atoms with Crippen molar-refractivity contribution in [3.63, 3.8) is 0 Å². The molecular formula is C10H15NS. The van der Waals surface area contributed by atoms with Crippen LogP contribution in [0.4, 0.5) is 5.69 Å². The van der Waals surface area contributed by atoms with Crippen molar-refractivity contribution in [1.29, 1.82) is 0 Å². The summed E-state index contributed by atoms with van der Waals surface area (Å²) in [6.07, 6.45) is 0. The maximum absolute atomic E-state index is 4.33. The molecule has 0 aromatic heterocycles. The zero-order valence-electron chi connectivity index (χ0n) is 7.76. The lowest BCUT2D eigenvalue weighted by Crippen LogP contribution is -1.93. The molecule has 1 N–H and O–H groups in total. The lowest BCUT2D eigenvalue weighted by molar-refractivity contribution is 0.865. The van der Waals surface area contributed by atoms with Crippen LogP contribution in [0.1, 0.15) is 25.3 Å². The number of hydrogen-bond donors (Lipinski definition) is 2. The molecule has 0 aliphatic rings. The summed E-state index contributed by atoms with van der Waals surface area (Å²) in [5, 5.41) is 3.11. The second-order valence-electron chi connectivity index (χ2n) is 3.18. The number of anilines is 1. The standard InChI is InChI=1S/C10H15NS/c1-7(2)8-4-5-10(12)9(6-8)11-3/h4-7,11-12H,1-3H3. The summed E-state index contributed by atoms with van der Waals surface area (Å²) in [5.41, 5.74) is 2.45. The van der Waals surface area contributed by atoms with Gasteiger partial charge in [0.25, 0.3) is 0 Å². The van der Waals surface area contributed by atoms with Gasteiger partial charge in [0.05, 0.1) is 0 Å². The fraction of sp³-hybridized carbons (Fsp3) is 0.400. The summed E-state index contributed by atoms with van der Waals surface area (Å²) in [5.74, 6) is 0.575. The molecule has 0 bridgehead atoms. The van der Waals surface area contributed by atoms with E-state index >= 15 is 0 Å². The van der Waals surface area contributed by atoms with Gasteiger partial charge in [0.2, 0.25) is 0 Å². The largest absolute Gasteiger partial charge is 0.387 e. The minimum absolute atomic E-state index is 0.575. The molecule has 1 rings (SSSR count). The van der Waals surface area contributed by atoms with Crippen molar-refractivity contribution < 1.29 is 0 Å². The predicted octanol–water partition coefficient (Wildman–Crippen LogP) is 3.14. The third-order valence-electron chi connectivity index (χ3n) is 1.96. The SMILES string of the molecule is CNc1cc(C(C)C)ccc1S. The van der Waals surface area contributed by atoms with Gasteiger partial charge in [-0.1, -0.05) is 19.9 Å². The number of thiol groups is 1. The molecule has 0 aliphatic carbocycles. The summed E-state index contributed by atoms with van der Waals surface area (Å²) < 4.78 is 0. The minimum atomic E-state index is 0.575. The van der Waals surface area contributed by atoms with Gasteiger partial charge < -0.3 is 5.32 Å². The van der Waals surface area contributed by atoms with Gasteiger partial charge in [-0.2, -0.15) is 0 Å². The summed E-state index contributed by atoms with van der Waals surface area (Å²) in [6.45, 7) is 4.37. The molecule has 0 saturated heterocycles. The van der Waals surface area contributed by atoms with Crippen LogP contribution in [-0.4, -0.2) is 7.05 Å². The summed E-state index contributed by atoms with van der Waals surface area (Å²) in [7, 11) is 1.92. The van der Waals surface area contributed by atoms with Crippen LogP contribution in [-0.2, 0) is 0 Å². The van der Waals surface area contributed by atoms with E-state index in [1.807, 2.05) is 13.1 Å². The number of rotatable bonds is 2. The Labute approximate surface area is 79.6 Å². The maximum atomic E-state index is 4.33. The first-order chi connectivity index (χ1) is 5.65. The van der Waals surface area contributed by atoms with Crippen molar-refractivity contribution in [3.8, 4) is 0 Å². The Kier molecular flexibility index (Phi) is 3.04. The van der Waals surface area contributed by atoms with E-state index in [0.717, 1.165) is 10.6 Å². The maximum Gasteiger partial charge on any atom is 0.0476 e. The predicted molar refractivity (Wildman–Crippen MR) is 57.3 cm³/mol. The summed E-state index contributed by atoms with van der Waals surface area (Å²) >= 11 is 4.33. The quantitative estimate of drug-likeness (QED) is 0.668. The Morgan fingerprint density at radius 2 is 2.00 bits per heavy atom. The highest BCUT2D eigenvalue weighted by Gasteiger charge is 2.01. The molecule has 1 aromatic carbocycles. The Bertz CT molecular complexity index is 269. The topological polar surface area (TPSA) is 12.0 Å². The Hall–Kier alpha value is -0.630. The normalized spacial score (nSPS) is 10.4. The molecule has 0 atom stereocenters. The summed E-state index contributed by atoms with van der Waals surface area (Å²) in [6, 6.07) is 6.30. The molecular weight excluding hydrogens is 166 g/mol. The first kappa shape index (κ1) is 9.46. The molecule has 1 aromatic rings. The highest BCUT2D eigenvalue weighted by Crippen LogP contribution is 2.24. The van der Waals surface area contributed by atoms with E-state index in [1.165, 1.54) is 5.56 Å². The first-order valence-corrected chi connectivity index (χ1v) is 4.60. The van der Waals surface area contributed by atoms with Crippen LogP contribution in [0.5, 0.6) is 0 Å². The molecule has 0 saturated carbocycles. The molecule has 66 valence electrons. The van der Waals surface area contributed by atoms with Crippen LogP contribution in [0.2, 0.25) is 0 Å². The Balaban J connectivity index is 3.05. The van der Waals surface area contributed by atoms with Crippen molar-refractivity contribution in [2.24, 2.45) is 0 Å². The average Bonchev–Trinajstić information content (AvgIpc) is 2.05. The number of hydrogen-bond acceptors (Lipinski definition) is 2. The van der Waals surface area contributed by atoms with Gasteiger partial charge in [-0.3, -0.25) is 0 Å². The van der Waals surface area contributed by atoms with Crippen LogP contribution in [0, 0.1) is 0 Å². The van der Waals surface area contributed by atoms with Gasteiger partial charge >= 0.3 is 0 Å². The minimum Gasteiger partial charge on any atom is -0.387 e. The zero-order chi connectivity index (χ0) is 9.14. The fourth-order valence-corrected chi connectivity index (χ4v) is 1.36. The molecule has 0 fully saturated rings. The monoisotopic (exact) mass is 181 g/mol. The second-order valence-corrected chi connectivity index (χ2v) is 3.66. The van der Waals surface area contributed by atoms with E-state index in [4.69, 9.17) is 0 Å². The van der Waals surface area contributed by atoms with Crippen molar-refractivity contribution in [2.45, 2.75) is 24.7 Å². The fourth-order valence-electron chi connectivity index (χ4n) is 1.11. The Morgan fingerprint density at radius 3 is 2.50 bits per heavy atom. The van der Waals surface area contributed by atoms with Crippen LogP contribution < -0.4 is 5.32 Å². The molecule has 0 unspecified atom stereocenters. The van der Waals surface area contributed by atoms with E-state index in [9.17, 15) is 0 Å². The average molecular weight is 181 g/mol. The van der Waals surface area contributed by atoms with Crippen molar-refractivity contribution in [3.05, 3.63) is 23.8 Å². The van der Waals surface area contributed by atoms with Gasteiger partial charge in [0, 0.05) is 17.6 Å². The van der Waals surface area contributed by atoms with Crippen molar-refractivity contribution in [1.82, 2.24) is 0 Å². The molecule has 0 radical (unpaired) electrons. The van der Waals surface area contributed by atoms with Gasteiger partial charge in [0.15, 0.2) is 0 Å². The molecule has 2 heteroatoms. The second kappa shape index (κ2) is 3.85. The molecule has 0 amide bonds. The number of benzene rings is 1. The van der Waals surface area contributed by atoms with Gasteiger partial charge in [-0.15, -0.1) is 12.6 Å². The lowest BCUT2D eigenvalue weighted by atomic mass is 10.0. The third-order valence-corrected chi connectivity index (χ3v) is 2.35. The smallest absolute Gasteiger partial charge is 0.0476 e. The van der Waals surface area contributed by atoms with Crippen LogP contribution in [0.25, 0.3) is 0 Å². The van der Waals surface area contributed by atoms with Crippen molar-refractivity contribution >= 4 is 18.3 Å². The van der Waals surface area contributed by atoms with E-state index in [2.05, 4.69) is 43.9 Å². The van der Waals surface area contributed by atoms with E-state index in [1.54, 1.807) is 0 Å². The van der Waals surface area contributed by atoms with E-state index in [0.29, 0.717) is 5.92 Å². The highest BCUT2D eigenvalue weighted by atomic mass is 32.1. The lowest BCUT2D eigenvalue weighted by Gasteiger charge is -2.09. The van der Waals surface area contributed by atoms with Crippen molar-refractivity contribution in [2.75, 3.05) is 12.4 Å². The molecule has 0 heterocycles. The molecule has 0 aliphatic heterocycles. The van der Waals surface area contributed by atoms with Gasteiger partial charge in [0.1, 0.15) is 0 Å². The number of nitrogens with one attached hydrogen (secondary N) is 1. The van der Waals surface area contributed by atoms with Crippen LogP contribution >= 0.6 is 12.6 Å². The summed E-state index contributed by atoms with van der Waals surface area (Å²) in [4.78, 5) is 1.00. The van der Waals surface area contributed by atoms with Gasteiger partial charge in [-0.05, 0) is 23.6 Å². The first-order valence-electron chi connectivity index (χ1n) is 4.16. The van der Waals surface area contributed by atoms with E-state index < -0.39 is 0 Å². The highest BCUT2D eigenvalue weighted by molar-refractivity contribution is 7.80. The molecule has 12 heavy (non-hydrogen) atoms. The molecule has 0 spiro atoms. The Morgan fingerprint density at radius 1 is 1.33 bits per heavy atom. The van der Waals surface area contributed by atoms with Gasteiger partial charge in [-0.25, -0.2) is 0 Å². The van der Waals surface area contributed by atoms with Crippen LogP contribution in [0.15, 0.2) is 23.1 Å². The molecule has 1 nitrogen and oxygen atoms in total. The zero-order valence-corrected chi connectivity index (χ0v) is 8.65. The van der Waals surface area contributed by atoms with Crippen LogP contribution in [0.3, 0.4) is 0 Å². The third kappa shape index (κ3) is 1.95. The van der Waals surface area contributed by atoms with E-state index in [-0.39, 0.29) is 0 Å².